The molecule has 25 heavy (non-hydrogen) atoms. The fraction of sp³-hybridized carbons (Fsp3) is 0.200. The lowest BCUT2D eigenvalue weighted by molar-refractivity contribution is -0.145. The summed E-state index contributed by atoms with van der Waals surface area (Å²) in [5, 5.41) is 9.30. The summed E-state index contributed by atoms with van der Waals surface area (Å²) < 4.78 is 24.7. The van der Waals surface area contributed by atoms with Crippen molar-refractivity contribution in [2.75, 3.05) is 24.7 Å². The molecule has 0 aliphatic heterocycles. The largest absolute Gasteiger partial charge is 0.478 e. The van der Waals surface area contributed by atoms with Gasteiger partial charge in [0.15, 0.2) is 18.2 Å². The molecule has 4 N–H and O–H groups in total. The second-order valence-electron chi connectivity index (χ2n) is 4.66. The number of halogens is 2. The number of nitrogens with zero attached hydrogens (tertiary/aromatic N) is 3. The Morgan fingerprint density at radius 1 is 1.40 bits per heavy atom. The molecule has 0 spiro atoms. The molecule has 8 nitrogen and oxygen atoms in total. The van der Waals surface area contributed by atoms with E-state index in [2.05, 4.69) is 25.9 Å². The number of nitriles is 1. The quantitative estimate of drug-likeness (QED) is 0.715. The standard InChI is InChI=1S/C15H13BrFN5O3/c1-2-24-11(23)6-25-13-8(3-7(16)4-10(13)17)12-9(5-18)14(19)22-15(20)21-12/h3-4H,2,6H2,1H3,(H4,19,20,21,22). The van der Waals surface area contributed by atoms with Crippen LogP contribution in [0.2, 0.25) is 0 Å². The Morgan fingerprint density at radius 2 is 2.12 bits per heavy atom. The van der Waals surface area contributed by atoms with E-state index in [1.165, 1.54) is 6.07 Å². The second kappa shape index (κ2) is 7.76. The number of rotatable bonds is 5. The maximum atomic E-state index is 14.4. The first-order valence-corrected chi connectivity index (χ1v) is 7.77. The van der Waals surface area contributed by atoms with E-state index in [-0.39, 0.29) is 40.9 Å². The smallest absolute Gasteiger partial charge is 0.344 e. The third-order valence-corrected chi connectivity index (χ3v) is 3.43. The molecule has 0 fully saturated rings. The first kappa shape index (κ1) is 18.4. The van der Waals surface area contributed by atoms with Crippen molar-refractivity contribution < 1.29 is 18.7 Å². The van der Waals surface area contributed by atoms with Gasteiger partial charge in [-0.2, -0.15) is 10.2 Å². The molecule has 10 heteroatoms. The molecule has 0 aliphatic rings. The first-order valence-electron chi connectivity index (χ1n) is 6.98. The van der Waals surface area contributed by atoms with Gasteiger partial charge in [-0.1, -0.05) is 15.9 Å². The highest BCUT2D eigenvalue weighted by atomic mass is 79.9. The number of hydrogen-bond donors (Lipinski definition) is 2. The Bertz CT molecular complexity index is 869. The van der Waals surface area contributed by atoms with Gasteiger partial charge in [0, 0.05) is 10.0 Å². The lowest BCUT2D eigenvalue weighted by Gasteiger charge is -2.14. The number of carbonyl (C=O) groups excluding carboxylic acids is 1. The normalized spacial score (nSPS) is 10.2. The van der Waals surface area contributed by atoms with E-state index in [0.29, 0.717) is 4.47 Å². The average molecular weight is 410 g/mol. The van der Waals surface area contributed by atoms with Crippen molar-refractivity contribution in [3.63, 3.8) is 0 Å². The molecule has 0 atom stereocenters. The van der Waals surface area contributed by atoms with Crippen LogP contribution in [0.3, 0.4) is 0 Å². The zero-order chi connectivity index (χ0) is 18.6. The molecule has 0 amide bonds. The average Bonchev–Trinajstić information content (AvgIpc) is 2.53. The van der Waals surface area contributed by atoms with Crippen molar-refractivity contribution in [1.29, 1.82) is 5.26 Å². The number of nitrogens with two attached hydrogens (primary N) is 2. The van der Waals surface area contributed by atoms with Crippen molar-refractivity contribution >= 4 is 33.7 Å². The van der Waals surface area contributed by atoms with Crippen molar-refractivity contribution in [3.8, 4) is 23.1 Å². The van der Waals surface area contributed by atoms with Crippen LogP contribution < -0.4 is 16.2 Å². The van der Waals surface area contributed by atoms with Crippen molar-refractivity contribution in [2.45, 2.75) is 6.92 Å². The van der Waals surface area contributed by atoms with E-state index in [0.717, 1.165) is 6.07 Å². The van der Waals surface area contributed by atoms with Gasteiger partial charge in [0.1, 0.15) is 17.5 Å². The van der Waals surface area contributed by atoms with Crippen LogP contribution in [-0.4, -0.2) is 29.2 Å². The topological polar surface area (TPSA) is 137 Å². The molecule has 1 aromatic heterocycles. The summed E-state index contributed by atoms with van der Waals surface area (Å²) in [4.78, 5) is 19.1. The van der Waals surface area contributed by atoms with Crippen molar-refractivity contribution in [3.05, 3.63) is 28.0 Å². The number of hydrogen-bond acceptors (Lipinski definition) is 8. The fourth-order valence-corrected chi connectivity index (χ4v) is 2.45. The number of nitrogen functional groups attached to an aromatic ring is 2. The summed E-state index contributed by atoms with van der Waals surface area (Å²) in [7, 11) is 0. The lowest BCUT2D eigenvalue weighted by atomic mass is 10.1. The van der Waals surface area contributed by atoms with Crippen LogP contribution in [0, 0.1) is 17.1 Å². The number of aromatic nitrogens is 2. The summed E-state index contributed by atoms with van der Waals surface area (Å²) in [5.74, 6) is -2.07. The molecule has 2 rings (SSSR count). The highest BCUT2D eigenvalue weighted by molar-refractivity contribution is 9.10. The molecule has 0 saturated carbocycles. The number of carbonyl (C=O) groups is 1. The summed E-state index contributed by atoms with van der Waals surface area (Å²) in [6.45, 7) is 1.28. The van der Waals surface area contributed by atoms with Gasteiger partial charge in [-0.3, -0.25) is 0 Å². The SMILES string of the molecule is CCOC(=O)COc1c(F)cc(Br)cc1-c1nc(N)nc(N)c1C#N. The molecule has 0 radical (unpaired) electrons. The van der Waals surface area contributed by atoms with E-state index in [9.17, 15) is 14.4 Å². The van der Waals surface area contributed by atoms with Gasteiger partial charge in [0.2, 0.25) is 5.95 Å². The third kappa shape index (κ3) is 4.13. The first-order chi connectivity index (χ1) is 11.9. The van der Waals surface area contributed by atoms with Crippen LogP contribution in [0.4, 0.5) is 16.2 Å². The number of ether oxygens (including phenoxy) is 2. The van der Waals surface area contributed by atoms with E-state index in [1.54, 1.807) is 6.92 Å². The zero-order valence-electron chi connectivity index (χ0n) is 13.0. The van der Waals surface area contributed by atoms with Gasteiger partial charge in [-0.25, -0.2) is 14.2 Å². The fourth-order valence-electron chi connectivity index (χ4n) is 2.02. The minimum Gasteiger partial charge on any atom is -0.478 e. The Morgan fingerprint density at radius 3 is 2.76 bits per heavy atom. The molecule has 130 valence electrons. The van der Waals surface area contributed by atoms with Crippen LogP contribution in [0.1, 0.15) is 12.5 Å². The molecule has 0 unspecified atom stereocenters. The third-order valence-electron chi connectivity index (χ3n) is 2.97. The zero-order valence-corrected chi connectivity index (χ0v) is 14.6. The van der Waals surface area contributed by atoms with Crippen LogP contribution in [0.25, 0.3) is 11.3 Å². The van der Waals surface area contributed by atoms with Crippen LogP contribution in [-0.2, 0) is 9.53 Å². The molecule has 0 saturated heterocycles. The van der Waals surface area contributed by atoms with Crippen LogP contribution in [0.15, 0.2) is 16.6 Å². The minimum atomic E-state index is -0.770. The van der Waals surface area contributed by atoms with E-state index >= 15 is 0 Å². The molecule has 1 heterocycles. The molecule has 1 aromatic carbocycles. The van der Waals surface area contributed by atoms with Crippen molar-refractivity contribution in [2.24, 2.45) is 0 Å². The summed E-state index contributed by atoms with van der Waals surface area (Å²) >= 11 is 3.16. The molecule has 0 bridgehead atoms. The summed E-state index contributed by atoms with van der Waals surface area (Å²) in [5.41, 5.74) is 11.3. The Kier molecular flexibility index (Phi) is 5.71. The molecule has 0 aliphatic carbocycles. The van der Waals surface area contributed by atoms with Crippen LogP contribution >= 0.6 is 15.9 Å². The van der Waals surface area contributed by atoms with Gasteiger partial charge in [-0.05, 0) is 19.1 Å². The maximum Gasteiger partial charge on any atom is 0.344 e. The predicted octanol–water partition coefficient (Wildman–Crippen LogP) is 2.02. The van der Waals surface area contributed by atoms with Gasteiger partial charge < -0.3 is 20.9 Å². The Balaban J connectivity index is 2.58. The predicted molar refractivity (Wildman–Crippen MR) is 90.8 cm³/mol. The second-order valence-corrected chi connectivity index (χ2v) is 5.58. The molecular formula is C15H13BrFN5O3. The lowest BCUT2D eigenvalue weighted by Crippen LogP contribution is -2.16. The number of benzene rings is 1. The van der Waals surface area contributed by atoms with Gasteiger partial charge >= 0.3 is 5.97 Å². The maximum absolute atomic E-state index is 14.4. The highest BCUT2D eigenvalue weighted by Crippen LogP contribution is 2.37. The molecular weight excluding hydrogens is 397 g/mol. The monoisotopic (exact) mass is 409 g/mol. The van der Waals surface area contributed by atoms with E-state index in [4.69, 9.17) is 20.9 Å². The van der Waals surface area contributed by atoms with Gasteiger partial charge in [0.25, 0.3) is 0 Å². The minimum absolute atomic E-state index is 0.00782. The number of esters is 1. The Labute approximate surface area is 150 Å². The van der Waals surface area contributed by atoms with Crippen molar-refractivity contribution in [1.82, 2.24) is 9.97 Å². The van der Waals surface area contributed by atoms with Gasteiger partial charge in [0.05, 0.1) is 12.3 Å². The van der Waals surface area contributed by atoms with E-state index in [1.807, 2.05) is 6.07 Å². The summed E-state index contributed by atoms with van der Waals surface area (Å²) in [6, 6.07) is 4.46. The highest BCUT2D eigenvalue weighted by Gasteiger charge is 2.21. The van der Waals surface area contributed by atoms with Crippen LogP contribution in [0.5, 0.6) is 5.75 Å². The number of anilines is 2. The Hall–Kier alpha value is -2.93. The van der Waals surface area contributed by atoms with E-state index < -0.39 is 18.4 Å². The molecule has 2 aromatic rings. The summed E-state index contributed by atoms with van der Waals surface area (Å²) in [6.07, 6.45) is 0. The van der Waals surface area contributed by atoms with Gasteiger partial charge in [-0.15, -0.1) is 0 Å².